The van der Waals surface area contributed by atoms with E-state index in [1.165, 1.54) is 4.31 Å². The average molecular weight is 280 g/mol. The molecule has 0 saturated carbocycles. The molecule has 7 heteroatoms. The Kier molecular flexibility index (Phi) is 2.74. The van der Waals surface area contributed by atoms with Gasteiger partial charge in [0.15, 0.2) is 6.19 Å². The molecule has 1 aromatic carbocycles. The molecule has 2 N–H and O–H groups in total. The molecule has 0 radical (unpaired) electrons. The van der Waals surface area contributed by atoms with Crippen LogP contribution in [0.3, 0.4) is 0 Å². The second kappa shape index (κ2) is 4.20. The Morgan fingerprint density at radius 3 is 2.63 bits per heavy atom. The predicted molar refractivity (Wildman–Crippen MR) is 75.8 cm³/mol. The topological polar surface area (TPSA) is 74.0 Å². The molecular weight excluding hydrogens is 264 g/mol. The second-order valence-corrected chi connectivity index (χ2v) is 6.71. The van der Waals surface area contributed by atoms with Crippen LogP contribution in [0.2, 0.25) is 0 Å². The van der Waals surface area contributed by atoms with Crippen molar-refractivity contribution >= 4 is 22.3 Å². The Morgan fingerprint density at radius 1 is 1.32 bits per heavy atom. The van der Waals surface area contributed by atoms with Crippen molar-refractivity contribution in [3.8, 4) is 6.19 Å². The lowest BCUT2D eigenvalue weighted by Gasteiger charge is -2.44. The molecule has 2 aliphatic rings. The summed E-state index contributed by atoms with van der Waals surface area (Å²) in [7, 11) is -1.32. The summed E-state index contributed by atoms with van der Waals surface area (Å²) in [6, 6.07) is 7.49. The number of hydrogen-bond donors (Lipinski definition) is 2. The van der Waals surface area contributed by atoms with Gasteiger partial charge in [-0.3, -0.25) is 13.4 Å². The van der Waals surface area contributed by atoms with Crippen molar-refractivity contribution < 1.29 is 9.11 Å². The molecule has 0 bridgehead atoms. The Morgan fingerprint density at radius 2 is 2.00 bits per heavy atom. The zero-order chi connectivity index (χ0) is 13.6. The maximum absolute atomic E-state index is 10.5. The molecule has 1 fully saturated rings. The molecule has 0 spiro atoms. The first-order valence-electron chi connectivity index (χ1n) is 6.11. The molecule has 1 saturated heterocycles. The summed E-state index contributed by atoms with van der Waals surface area (Å²) in [6.07, 6.45) is 2.87. The highest BCUT2D eigenvalue weighted by Gasteiger charge is 2.44. The van der Waals surface area contributed by atoms with Crippen LogP contribution < -0.4 is 8.61 Å². The van der Waals surface area contributed by atoms with Gasteiger partial charge in [0.05, 0.1) is 24.0 Å². The lowest BCUT2D eigenvalue weighted by atomic mass is 10.2. The minimum Gasteiger partial charge on any atom is -0.308 e. The van der Waals surface area contributed by atoms with E-state index >= 15 is 0 Å². The van der Waals surface area contributed by atoms with Crippen molar-refractivity contribution in [2.75, 3.05) is 28.7 Å². The standard InChI is InChI=1S/C12H16N4O2S/c1-14-11-4-2-3-5-12(11)16(19(14,17)18)10-6-7-15(8-10)9-13/h2-5,10,17-18H,6-8H2,1H3. The quantitative estimate of drug-likeness (QED) is 0.767. The highest BCUT2D eigenvalue weighted by molar-refractivity contribution is 8.26. The largest absolute Gasteiger partial charge is 0.308 e. The van der Waals surface area contributed by atoms with Crippen molar-refractivity contribution in [3.05, 3.63) is 24.3 Å². The summed E-state index contributed by atoms with van der Waals surface area (Å²) in [6.45, 7) is 1.20. The summed E-state index contributed by atoms with van der Waals surface area (Å²) < 4.78 is 24.1. The highest BCUT2D eigenvalue weighted by Crippen LogP contribution is 2.61. The van der Waals surface area contributed by atoms with Crippen LogP contribution in [0.4, 0.5) is 11.4 Å². The molecular formula is C12H16N4O2S. The molecule has 2 aliphatic heterocycles. The van der Waals surface area contributed by atoms with Crippen LogP contribution in [0.25, 0.3) is 0 Å². The Hall–Kier alpha value is -1.62. The predicted octanol–water partition coefficient (Wildman–Crippen LogP) is 2.08. The number of nitriles is 1. The van der Waals surface area contributed by atoms with E-state index in [2.05, 4.69) is 6.19 Å². The van der Waals surface area contributed by atoms with Crippen LogP contribution in [0.1, 0.15) is 6.42 Å². The Labute approximate surface area is 114 Å². The fourth-order valence-electron chi connectivity index (χ4n) is 2.73. The van der Waals surface area contributed by atoms with Gasteiger partial charge < -0.3 is 4.90 Å². The third kappa shape index (κ3) is 1.72. The van der Waals surface area contributed by atoms with Crippen molar-refractivity contribution in [1.29, 1.82) is 5.26 Å². The van der Waals surface area contributed by atoms with Gasteiger partial charge in [-0.15, -0.1) is 0 Å². The van der Waals surface area contributed by atoms with Gasteiger partial charge in [-0.2, -0.15) is 5.26 Å². The zero-order valence-electron chi connectivity index (χ0n) is 10.6. The number of likely N-dealkylation sites (tertiary alicyclic amines) is 1. The lowest BCUT2D eigenvalue weighted by Crippen LogP contribution is -2.40. The molecule has 0 aliphatic carbocycles. The van der Waals surface area contributed by atoms with E-state index in [0.717, 1.165) is 17.8 Å². The van der Waals surface area contributed by atoms with E-state index < -0.39 is 11.0 Å². The number of hydrogen-bond acceptors (Lipinski definition) is 6. The van der Waals surface area contributed by atoms with Gasteiger partial charge in [0.25, 0.3) is 0 Å². The van der Waals surface area contributed by atoms with E-state index in [0.29, 0.717) is 13.1 Å². The van der Waals surface area contributed by atoms with Crippen molar-refractivity contribution in [2.45, 2.75) is 12.5 Å². The van der Waals surface area contributed by atoms with Gasteiger partial charge in [0.2, 0.25) is 0 Å². The molecule has 2 heterocycles. The molecule has 102 valence electrons. The van der Waals surface area contributed by atoms with E-state index in [9.17, 15) is 9.11 Å². The zero-order valence-corrected chi connectivity index (χ0v) is 11.4. The van der Waals surface area contributed by atoms with Gasteiger partial charge in [0, 0.05) is 13.6 Å². The summed E-state index contributed by atoms with van der Waals surface area (Å²) in [4.78, 5) is 1.65. The van der Waals surface area contributed by atoms with Crippen LogP contribution in [-0.4, -0.2) is 40.2 Å². The van der Waals surface area contributed by atoms with E-state index in [1.807, 2.05) is 24.3 Å². The van der Waals surface area contributed by atoms with Crippen molar-refractivity contribution in [1.82, 2.24) is 4.90 Å². The summed E-state index contributed by atoms with van der Waals surface area (Å²) in [5.41, 5.74) is 1.65. The smallest absolute Gasteiger partial charge is 0.179 e. The van der Waals surface area contributed by atoms with Crippen molar-refractivity contribution in [3.63, 3.8) is 0 Å². The van der Waals surface area contributed by atoms with Gasteiger partial charge >= 0.3 is 0 Å². The third-order valence-electron chi connectivity index (χ3n) is 3.73. The molecule has 19 heavy (non-hydrogen) atoms. The number of benzene rings is 1. The first-order valence-corrected chi connectivity index (χ1v) is 7.57. The number of anilines is 2. The number of nitrogens with zero attached hydrogens (tertiary/aromatic N) is 4. The molecule has 6 nitrogen and oxygen atoms in total. The van der Waals surface area contributed by atoms with Gasteiger partial charge in [-0.25, -0.2) is 4.31 Å². The van der Waals surface area contributed by atoms with E-state index in [-0.39, 0.29) is 6.04 Å². The summed E-state index contributed by atoms with van der Waals surface area (Å²) >= 11 is 0. The molecule has 3 rings (SSSR count). The first-order chi connectivity index (χ1) is 9.05. The number of rotatable bonds is 1. The Balaban J connectivity index is 1.99. The van der Waals surface area contributed by atoms with E-state index in [4.69, 9.17) is 5.26 Å². The first kappa shape index (κ1) is 12.4. The Bertz CT molecular complexity index is 545. The SMILES string of the molecule is CN1c2ccccc2N(C2CCN(C#N)C2)S1(O)O. The second-order valence-electron chi connectivity index (χ2n) is 4.79. The van der Waals surface area contributed by atoms with Crippen molar-refractivity contribution in [2.24, 2.45) is 0 Å². The van der Waals surface area contributed by atoms with E-state index in [1.54, 1.807) is 16.3 Å². The van der Waals surface area contributed by atoms with Crippen LogP contribution in [-0.2, 0) is 0 Å². The fraction of sp³-hybridized carbons (Fsp3) is 0.417. The molecule has 0 aromatic heterocycles. The van der Waals surface area contributed by atoms with Gasteiger partial charge in [0.1, 0.15) is 0 Å². The average Bonchev–Trinajstić information content (AvgIpc) is 2.93. The normalized spacial score (nSPS) is 26.2. The minimum absolute atomic E-state index is 0.0456. The van der Waals surface area contributed by atoms with Gasteiger partial charge in [-0.1, -0.05) is 12.1 Å². The van der Waals surface area contributed by atoms with Crippen LogP contribution in [0.5, 0.6) is 0 Å². The molecule has 1 unspecified atom stereocenters. The van der Waals surface area contributed by atoms with Crippen LogP contribution in [0, 0.1) is 11.5 Å². The maximum Gasteiger partial charge on any atom is 0.179 e. The number of fused-ring (bicyclic) bond motifs is 1. The summed E-state index contributed by atoms with van der Waals surface area (Å²) in [5.74, 6) is 0. The molecule has 1 aromatic rings. The lowest BCUT2D eigenvalue weighted by molar-refractivity contribution is 0.459. The molecule has 1 atom stereocenters. The van der Waals surface area contributed by atoms with Crippen LogP contribution >= 0.6 is 11.0 Å². The minimum atomic E-state index is -3.01. The van der Waals surface area contributed by atoms with Crippen LogP contribution in [0.15, 0.2) is 24.3 Å². The summed E-state index contributed by atoms with van der Waals surface area (Å²) in [5, 5.41) is 8.93. The highest BCUT2D eigenvalue weighted by atomic mass is 32.3. The molecule has 0 amide bonds. The monoisotopic (exact) mass is 280 g/mol. The fourth-order valence-corrected chi connectivity index (χ4v) is 4.41. The third-order valence-corrected chi connectivity index (χ3v) is 5.68. The maximum atomic E-state index is 10.5. The number of para-hydroxylation sites is 2. The van der Waals surface area contributed by atoms with Gasteiger partial charge in [-0.05, 0) is 29.5 Å².